The van der Waals surface area contributed by atoms with Crippen LogP contribution in [0, 0.1) is 0 Å². The summed E-state index contributed by atoms with van der Waals surface area (Å²) in [4.78, 5) is 6.78. The molecule has 0 saturated carbocycles. The molecule has 172 valence electrons. The Kier molecular flexibility index (Phi) is 6.20. The van der Waals surface area contributed by atoms with Gasteiger partial charge in [0.05, 0.1) is 37.7 Å². The van der Waals surface area contributed by atoms with Gasteiger partial charge in [0.2, 0.25) is 0 Å². The van der Waals surface area contributed by atoms with Gasteiger partial charge < -0.3 is 29.0 Å². The average molecular weight is 465 g/mol. The van der Waals surface area contributed by atoms with Gasteiger partial charge in [0, 0.05) is 37.3 Å². The van der Waals surface area contributed by atoms with Gasteiger partial charge >= 0.3 is 0 Å². The summed E-state index contributed by atoms with van der Waals surface area (Å²) >= 11 is 5.88. The molecule has 8 heteroatoms. The zero-order valence-electron chi connectivity index (χ0n) is 18.8. The largest absolute Gasteiger partial charge is 0.497 e. The van der Waals surface area contributed by atoms with Crippen molar-refractivity contribution in [3.63, 3.8) is 0 Å². The number of rotatable bonds is 7. The van der Waals surface area contributed by atoms with E-state index in [1.165, 1.54) is 0 Å². The Hall–Kier alpha value is -3.10. The van der Waals surface area contributed by atoms with Gasteiger partial charge in [0.15, 0.2) is 5.11 Å². The van der Waals surface area contributed by atoms with Crippen molar-refractivity contribution in [2.24, 2.45) is 0 Å². The minimum absolute atomic E-state index is 0.132. The number of hydrogen-bond donors (Lipinski definition) is 1. The number of benzene rings is 1. The van der Waals surface area contributed by atoms with E-state index in [1.54, 1.807) is 14.2 Å². The maximum absolute atomic E-state index is 5.93. The summed E-state index contributed by atoms with van der Waals surface area (Å²) in [5.41, 5.74) is 2.92. The molecule has 3 unspecified atom stereocenters. The van der Waals surface area contributed by atoms with E-state index in [2.05, 4.69) is 38.1 Å². The third-order valence-corrected chi connectivity index (χ3v) is 6.65. The second-order valence-corrected chi connectivity index (χ2v) is 8.64. The predicted octanol–water partition coefficient (Wildman–Crippen LogP) is 4.26. The predicted molar refractivity (Wildman–Crippen MR) is 131 cm³/mol. The lowest BCUT2D eigenvalue weighted by Gasteiger charge is -2.30. The van der Waals surface area contributed by atoms with E-state index in [0.717, 1.165) is 54.6 Å². The Balaban J connectivity index is 1.62. The van der Waals surface area contributed by atoms with Crippen LogP contribution >= 0.6 is 12.2 Å². The van der Waals surface area contributed by atoms with Crippen LogP contribution in [-0.2, 0) is 11.3 Å². The summed E-state index contributed by atoms with van der Waals surface area (Å²) in [6.45, 7) is 1.64. The van der Waals surface area contributed by atoms with Crippen molar-refractivity contribution in [3.8, 4) is 11.5 Å². The van der Waals surface area contributed by atoms with Crippen molar-refractivity contribution >= 4 is 23.0 Å². The lowest BCUT2D eigenvalue weighted by atomic mass is 10.0. The first kappa shape index (κ1) is 21.7. The SMILES string of the molecule is COc1ccc(OC)c(N2C(=S)NC(c3ccccn3)C2c2cccn2CC2CCCO2)c1. The van der Waals surface area contributed by atoms with E-state index in [0.29, 0.717) is 5.11 Å². The van der Waals surface area contributed by atoms with Crippen LogP contribution in [0.2, 0.25) is 0 Å². The number of pyridine rings is 1. The molecule has 1 N–H and O–H groups in total. The van der Waals surface area contributed by atoms with Crippen LogP contribution in [0.3, 0.4) is 0 Å². The van der Waals surface area contributed by atoms with E-state index in [9.17, 15) is 0 Å². The molecule has 2 aromatic heterocycles. The van der Waals surface area contributed by atoms with E-state index < -0.39 is 0 Å². The maximum atomic E-state index is 5.93. The van der Waals surface area contributed by atoms with E-state index in [-0.39, 0.29) is 18.2 Å². The van der Waals surface area contributed by atoms with Gasteiger partial charge in [0.25, 0.3) is 0 Å². The molecule has 0 radical (unpaired) electrons. The van der Waals surface area contributed by atoms with Crippen LogP contribution in [-0.4, -0.2) is 41.6 Å². The number of methoxy groups -OCH3 is 2. The first-order chi connectivity index (χ1) is 16.2. The number of nitrogens with zero attached hydrogens (tertiary/aromatic N) is 3. The molecule has 5 rings (SSSR count). The first-order valence-electron chi connectivity index (χ1n) is 11.2. The molecule has 3 atom stereocenters. The maximum Gasteiger partial charge on any atom is 0.174 e. The number of hydrogen-bond acceptors (Lipinski definition) is 5. The number of ether oxygens (including phenoxy) is 3. The van der Waals surface area contributed by atoms with Gasteiger partial charge in [-0.3, -0.25) is 4.98 Å². The van der Waals surface area contributed by atoms with Crippen molar-refractivity contribution in [2.45, 2.75) is 37.6 Å². The topological polar surface area (TPSA) is 60.8 Å². The summed E-state index contributed by atoms with van der Waals surface area (Å²) in [5.74, 6) is 1.47. The van der Waals surface area contributed by atoms with E-state index in [4.69, 9.17) is 26.4 Å². The molecule has 0 aliphatic carbocycles. The summed E-state index contributed by atoms with van der Waals surface area (Å²) in [7, 11) is 3.33. The molecule has 0 amide bonds. The van der Waals surface area contributed by atoms with Crippen LogP contribution in [0.15, 0.2) is 60.9 Å². The standard InChI is InChI=1S/C25H28N4O3S/c1-30-17-10-11-22(31-2)21(15-17)29-24(23(27-25(29)33)19-8-3-4-12-26-19)20-9-5-13-28(20)16-18-7-6-14-32-18/h3-5,8-13,15,18,23-24H,6-7,14,16H2,1-2H3,(H,27,33). The van der Waals surface area contributed by atoms with Gasteiger partial charge in [0.1, 0.15) is 17.5 Å². The van der Waals surface area contributed by atoms with Crippen molar-refractivity contribution in [1.82, 2.24) is 14.9 Å². The summed E-state index contributed by atoms with van der Waals surface area (Å²) in [6.07, 6.45) is 6.35. The van der Waals surface area contributed by atoms with Crippen LogP contribution in [0.25, 0.3) is 0 Å². The molecule has 3 aromatic rings. The van der Waals surface area contributed by atoms with Gasteiger partial charge in [-0.15, -0.1) is 0 Å². The number of anilines is 1. The fourth-order valence-corrected chi connectivity index (χ4v) is 5.11. The normalized spacial score (nSPS) is 22.4. The number of thiocarbonyl (C=S) groups is 1. The second kappa shape index (κ2) is 9.41. The summed E-state index contributed by atoms with van der Waals surface area (Å²) in [5, 5.41) is 4.14. The van der Waals surface area contributed by atoms with E-state index in [1.807, 2.05) is 42.6 Å². The Morgan fingerprint density at radius 2 is 2.06 bits per heavy atom. The van der Waals surface area contributed by atoms with Crippen LogP contribution in [0.5, 0.6) is 11.5 Å². The monoisotopic (exact) mass is 464 g/mol. The van der Waals surface area contributed by atoms with Crippen molar-refractivity contribution in [1.29, 1.82) is 0 Å². The van der Waals surface area contributed by atoms with Gasteiger partial charge in [-0.25, -0.2) is 0 Å². The average Bonchev–Trinajstić information content (AvgIpc) is 3.60. The smallest absolute Gasteiger partial charge is 0.174 e. The Morgan fingerprint density at radius 1 is 1.15 bits per heavy atom. The minimum atomic E-state index is -0.134. The Labute approximate surface area is 199 Å². The molecule has 1 aromatic carbocycles. The summed E-state index contributed by atoms with van der Waals surface area (Å²) in [6, 6.07) is 15.7. The van der Waals surface area contributed by atoms with Gasteiger partial charge in [-0.05, 0) is 61.5 Å². The highest BCUT2D eigenvalue weighted by Gasteiger charge is 2.43. The fraction of sp³-hybridized carbons (Fsp3) is 0.360. The molecule has 2 aliphatic heterocycles. The highest BCUT2D eigenvalue weighted by molar-refractivity contribution is 7.80. The fourth-order valence-electron chi connectivity index (χ4n) is 4.77. The van der Waals surface area contributed by atoms with Crippen molar-refractivity contribution in [3.05, 3.63) is 72.3 Å². The third kappa shape index (κ3) is 4.16. The Bertz CT molecular complexity index is 1110. The lowest BCUT2D eigenvalue weighted by molar-refractivity contribution is 0.0961. The molecule has 0 bridgehead atoms. The molecule has 2 saturated heterocycles. The lowest BCUT2D eigenvalue weighted by Crippen LogP contribution is -2.31. The van der Waals surface area contributed by atoms with Crippen LogP contribution in [0.4, 0.5) is 5.69 Å². The van der Waals surface area contributed by atoms with Gasteiger partial charge in [-0.2, -0.15) is 0 Å². The van der Waals surface area contributed by atoms with Crippen molar-refractivity contribution < 1.29 is 14.2 Å². The molecular weight excluding hydrogens is 436 g/mol. The van der Waals surface area contributed by atoms with Crippen LogP contribution < -0.4 is 19.7 Å². The second-order valence-electron chi connectivity index (χ2n) is 8.25. The van der Waals surface area contributed by atoms with Crippen molar-refractivity contribution in [2.75, 3.05) is 25.7 Å². The zero-order chi connectivity index (χ0) is 22.8. The molecule has 7 nitrogen and oxygen atoms in total. The molecule has 0 spiro atoms. The van der Waals surface area contributed by atoms with E-state index >= 15 is 0 Å². The van der Waals surface area contributed by atoms with Crippen LogP contribution in [0.1, 0.15) is 36.3 Å². The molecule has 2 fully saturated rings. The molecule has 4 heterocycles. The molecule has 2 aliphatic rings. The first-order valence-corrected chi connectivity index (χ1v) is 11.6. The number of nitrogens with one attached hydrogen (secondary N) is 1. The Morgan fingerprint density at radius 3 is 2.79 bits per heavy atom. The number of aromatic nitrogens is 2. The highest BCUT2D eigenvalue weighted by Crippen LogP contribution is 2.45. The third-order valence-electron chi connectivity index (χ3n) is 6.34. The highest BCUT2D eigenvalue weighted by atomic mass is 32.1. The summed E-state index contributed by atoms with van der Waals surface area (Å²) < 4.78 is 19.5. The quantitative estimate of drug-likeness (QED) is 0.525. The molecular formula is C25H28N4O3S. The minimum Gasteiger partial charge on any atom is -0.497 e. The van der Waals surface area contributed by atoms with Gasteiger partial charge in [-0.1, -0.05) is 6.07 Å². The zero-order valence-corrected chi connectivity index (χ0v) is 19.6. The molecule has 33 heavy (non-hydrogen) atoms.